The molecule has 2 N–H and O–H groups in total. The lowest BCUT2D eigenvalue weighted by Gasteiger charge is -2.22. The lowest BCUT2D eigenvalue weighted by Crippen LogP contribution is -2.37. The number of hydrogen-bond donors (Lipinski definition) is 2. The summed E-state index contributed by atoms with van der Waals surface area (Å²) >= 11 is 7.27. The SMILES string of the molecule is O=C(Cc1csc(Nc2ccc(Cl)cn2)n1)NC1CCCCC1. The second-order valence-corrected chi connectivity index (χ2v) is 7.00. The van der Waals surface area contributed by atoms with Gasteiger partial charge in [0.15, 0.2) is 5.13 Å². The monoisotopic (exact) mass is 350 g/mol. The largest absolute Gasteiger partial charge is 0.353 e. The number of hydrogen-bond acceptors (Lipinski definition) is 5. The van der Waals surface area contributed by atoms with E-state index in [0.717, 1.165) is 23.7 Å². The van der Waals surface area contributed by atoms with Crippen molar-refractivity contribution in [2.75, 3.05) is 5.32 Å². The molecular weight excluding hydrogens is 332 g/mol. The van der Waals surface area contributed by atoms with Crippen molar-refractivity contribution in [1.29, 1.82) is 0 Å². The summed E-state index contributed by atoms with van der Waals surface area (Å²) in [6, 6.07) is 3.90. The number of carbonyl (C=O) groups is 1. The minimum atomic E-state index is 0.0540. The summed E-state index contributed by atoms with van der Waals surface area (Å²) in [4.78, 5) is 20.7. The third kappa shape index (κ3) is 4.91. The Morgan fingerprint density at radius 3 is 2.87 bits per heavy atom. The average Bonchev–Trinajstić information content (AvgIpc) is 2.97. The molecule has 23 heavy (non-hydrogen) atoms. The zero-order valence-electron chi connectivity index (χ0n) is 12.7. The molecule has 0 saturated heterocycles. The maximum Gasteiger partial charge on any atom is 0.226 e. The molecule has 5 nitrogen and oxygen atoms in total. The van der Waals surface area contributed by atoms with Crippen LogP contribution in [-0.2, 0) is 11.2 Å². The van der Waals surface area contributed by atoms with Crippen LogP contribution in [0.25, 0.3) is 0 Å². The Kier molecular flexibility index (Phi) is 5.46. The summed E-state index contributed by atoms with van der Waals surface area (Å²) in [7, 11) is 0. The predicted molar refractivity (Wildman–Crippen MR) is 93.4 cm³/mol. The fourth-order valence-electron chi connectivity index (χ4n) is 2.70. The third-order valence-electron chi connectivity index (χ3n) is 3.83. The van der Waals surface area contributed by atoms with Gasteiger partial charge in [-0.25, -0.2) is 9.97 Å². The Balaban J connectivity index is 1.52. The van der Waals surface area contributed by atoms with Gasteiger partial charge in [0.1, 0.15) is 5.82 Å². The van der Waals surface area contributed by atoms with E-state index in [9.17, 15) is 4.79 Å². The van der Waals surface area contributed by atoms with Gasteiger partial charge in [0.2, 0.25) is 5.91 Å². The number of anilines is 2. The summed E-state index contributed by atoms with van der Waals surface area (Å²) in [5.41, 5.74) is 0.778. The maximum atomic E-state index is 12.1. The molecule has 2 heterocycles. The lowest BCUT2D eigenvalue weighted by molar-refractivity contribution is -0.121. The molecule has 1 aliphatic rings. The molecule has 1 aliphatic carbocycles. The first-order chi connectivity index (χ1) is 11.2. The first-order valence-corrected chi connectivity index (χ1v) is 9.07. The Labute approximate surface area is 144 Å². The normalized spacial score (nSPS) is 15.3. The fourth-order valence-corrected chi connectivity index (χ4v) is 3.52. The van der Waals surface area contributed by atoms with E-state index in [1.807, 2.05) is 5.38 Å². The molecule has 122 valence electrons. The zero-order valence-corrected chi connectivity index (χ0v) is 14.3. The summed E-state index contributed by atoms with van der Waals surface area (Å²) in [5, 5.41) is 9.44. The van der Waals surface area contributed by atoms with E-state index in [1.165, 1.54) is 30.6 Å². The summed E-state index contributed by atoms with van der Waals surface area (Å²) in [6.07, 6.45) is 7.80. The van der Waals surface area contributed by atoms with Crippen LogP contribution < -0.4 is 10.6 Å². The highest BCUT2D eigenvalue weighted by molar-refractivity contribution is 7.13. The first-order valence-electron chi connectivity index (χ1n) is 7.81. The van der Waals surface area contributed by atoms with Gasteiger partial charge < -0.3 is 10.6 Å². The minimum Gasteiger partial charge on any atom is -0.353 e. The van der Waals surface area contributed by atoms with Crippen molar-refractivity contribution in [2.24, 2.45) is 0 Å². The van der Waals surface area contributed by atoms with Crippen molar-refractivity contribution < 1.29 is 4.79 Å². The number of amides is 1. The van der Waals surface area contributed by atoms with Gasteiger partial charge in [0.05, 0.1) is 17.1 Å². The van der Waals surface area contributed by atoms with Gasteiger partial charge in [-0.1, -0.05) is 30.9 Å². The molecule has 0 bridgehead atoms. The van der Waals surface area contributed by atoms with E-state index in [2.05, 4.69) is 20.6 Å². The van der Waals surface area contributed by atoms with Gasteiger partial charge >= 0.3 is 0 Å². The summed E-state index contributed by atoms with van der Waals surface area (Å²) in [6.45, 7) is 0. The number of rotatable bonds is 5. The first kappa shape index (κ1) is 16.2. The second kappa shape index (κ2) is 7.75. The van der Waals surface area contributed by atoms with Crippen molar-refractivity contribution in [2.45, 2.75) is 44.6 Å². The minimum absolute atomic E-state index is 0.0540. The predicted octanol–water partition coefficient (Wildman–Crippen LogP) is 3.93. The van der Waals surface area contributed by atoms with Crippen LogP contribution >= 0.6 is 22.9 Å². The zero-order chi connectivity index (χ0) is 16.1. The molecule has 1 fully saturated rings. The highest BCUT2D eigenvalue weighted by Crippen LogP contribution is 2.21. The molecule has 0 spiro atoms. The van der Waals surface area contributed by atoms with E-state index in [0.29, 0.717) is 23.3 Å². The molecule has 3 rings (SSSR count). The van der Waals surface area contributed by atoms with Crippen molar-refractivity contribution in [1.82, 2.24) is 15.3 Å². The smallest absolute Gasteiger partial charge is 0.226 e. The van der Waals surface area contributed by atoms with Gasteiger partial charge in [0, 0.05) is 17.6 Å². The molecular formula is C16H19ClN4OS. The molecule has 0 atom stereocenters. The topological polar surface area (TPSA) is 66.9 Å². The van der Waals surface area contributed by atoms with Gasteiger partial charge in [-0.05, 0) is 25.0 Å². The van der Waals surface area contributed by atoms with E-state index in [1.54, 1.807) is 18.3 Å². The van der Waals surface area contributed by atoms with Crippen LogP contribution in [0.3, 0.4) is 0 Å². The number of nitrogens with zero attached hydrogens (tertiary/aromatic N) is 2. The fraction of sp³-hybridized carbons (Fsp3) is 0.438. The molecule has 7 heteroatoms. The third-order valence-corrected chi connectivity index (χ3v) is 4.86. The molecule has 0 aromatic carbocycles. The summed E-state index contributed by atoms with van der Waals surface area (Å²) in [5.74, 6) is 0.736. The number of nitrogens with one attached hydrogen (secondary N) is 2. The summed E-state index contributed by atoms with van der Waals surface area (Å²) < 4.78 is 0. The highest BCUT2D eigenvalue weighted by Gasteiger charge is 2.16. The van der Waals surface area contributed by atoms with Gasteiger partial charge in [-0.15, -0.1) is 11.3 Å². The number of aromatic nitrogens is 2. The number of halogens is 1. The lowest BCUT2D eigenvalue weighted by atomic mass is 9.95. The molecule has 2 aromatic heterocycles. The van der Waals surface area contributed by atoms with Crippen LogP contribution in [0.1, 0.15) is 37.8 Å². The van der Waals surface area contributed by atoms with Crippen molar-refractivity contribution in [3.63, 3.8) is 0 Å². The van der Waals surface area contributed by atoms with Gasteiger partial charge in [0.25, 0.3) is 0 Å². The van der Waals surface area contributed by atoms with E-state index < -0.39 is 0 Å². The molecule has 1 amide bonds. The van der Waals surface area contributed by atoms with Crippen LogP contribution in [0.2, 0.25) is 5.02 Å². The Bertz CT molecular complexity index is 652. The van der Waals surface area contributed by atoms with E-state index in [-0.39, 0.29) is 5.91 Å². The van der Waals surface area contributed by atoms with Crippen LogP contribution in [0.5, 0.6) is 0 Å². The standard InChI is InChI=1S/C16H19ClN4OS/c17-11-6-7-14(18-9-11)21-16-20-13(10-23-16)8-15(22)19-12-4-2-1-3-5-12/h6-7,9-10,12H,1-5,8H2,(H,19,22)(H,18,20,21). The van der Waals surface area contributed by atoms with Crippen LogP contribution in [0.15, 0.2) is 23.7 Å². The molecule has 1 saturated carbocycles. The Hall–Kier alpha value is -1.66. The molecule has 0 aliphatic heterocycles. The average molecular weight is 351 g/mol. The van der Waals surface area contributed by atoms with Crippen molar-refractivity contribution >= 4 is 39.8 Å². The molecule has 0 radical (unpaired) electrons. The molecule has 2 aromatic rings. The van der Waals surface area contributed by atoms with Gasteiger partial charge in [-0.2, -0.15) is 0 Å². The van der Waals surface area contributed by atoms with Crippen molar-refractivity contribution in [3.05, 3.63) is 34.4 Å². The number of pyridine rings is 1. The van der Waals surface area contributed by atoms with Crippen LogP contribution in [0.4, 0.5) is 10.9 Å². The van der Waals surface area contributed by atoms with Crippen LogP contribution in [0, 0.1) is 0 Å². The Morgan fingerprint density at radius 2 is 2.13 bits per heavy atom. The van der Waals surface area contributed by atoms with Crippen LogP contribution in [-0.4, -0.2) is 21.9 Å². The Morgan fingerprint density at radius 1 is 1.30 bits per heavy atom. The van der Waals surface area contributed by atoms with Gasteiger partial charge in [-0.3, -0.25) is 4.79 Å². The van der Waals surface area contributed by atoms with E-state index in [4.69, 9.17) is 11.6 Å². The maximum absolute atomic E-state index is 12.1. The van der Waals surface area contributed by atoms with E-state index >= 15 is 0 Å². The molecule has 0 unspecified atom stereocenters. The van der Waals surface area contributed by atoms with Crippen molar-refractivity contribution in [3.8, 4) is 0 Å². The number of carbonyl (C=O) groups excluding carboxylic acids is 1. The highest BCUT2D eigenvalue weighted by atomic mass is 35.5. The quantitative estimate of drug-likeness (QED) is 0.857. The second-order valence-electron chi connectivity index (χ2n) is 5.71. The number of thiazole rings is 1.